The molecule has 0 amide bonds. The number of nitrogens with zero attached hydrogens (tertiary/aromatic N) is 1. The largest absolute Gasteiger partial charge is 0.308 e. The highest BCUT2D eigenvalue weighted by Crippen LogP contribution is 2.50. The fraction of sp³-hybridized carbons (Fsp3) is 0.0526. The first kappa shape index (κ1) is 24.8. The highest BCUT2D eigenvalue weighted by atomic mass is 32.2. The molecule has 0 radical (unpaired) electrons. The summed E-state index contributed by atoms with van der Waals surface area (Å²) in [6.07, 6.45) is 0. The van der Waals surface area contributed by atoms with E-state index in [2.05, 4.69) is 91.2 Å². The summed E-state index contributed by atoms with van der Waals surface area (Å²) in [4.78, 5) is 0.801. The van der Waals surface area contributed by atoms with E-state index >= 15 is 0 Å². The third-order valence-corrected chi connectivity index (χ3v) is 12.1. The lowest BCUT2D eigenvalue weighted by molar-refractivity contribution is 0.599. The Hall–Kier alpha value is -4.71. The quantitative estimate of drug-likeness (QED) is 0.201. The summed E-state index contributed by atoms with van der Waals surface area (Å²) in [5.74, 6) is 0. The van der Waals surface area contributed by atoms with Crippen LogP contribution in [-0.4, -0.2) is 13.0 Å². The molecule has 0 bridgehead atoms. The van der Waals surface area contributed by atoms with Gasteiger partial charge >= 0.3 is 0 Å². The molecule has 0 saturated carbocycles. The first-order valence-corrected chi connectivity index (χ1v) is 16.7. The van der Waals surface area contributed by atoms with Gasteiger partial charge < -0.3 is 4.57 Å². The van der Waals surface area contributed by atoms with E-state index in [1.165, 1.54) is 43.0 Å². The standard InChI is InChI=1S/C38H25NO2S2/c1-22-16-18-32-30(20-22)31-21-23(2)17-19-33(31)39(32)34-14-7-11-26-25-9-5-10-27(36(25)42-37(26)34)29-13-6-12-28-24-8-3-4-15-35(24)43(40,41)38(28)29/h3-21H,1-2H3. The van der Waals surface area contributed by atoms with Crippen LogP contribution in [0.1, 0.15) is 11.1 Å². The van der Waals surface area contributed by atoms with Crippen molar-refractivity contribution in [3.63, 3.8) is 0 Å². The van der Waals surface area contributed by atoms with Gasteiger partial charge in [-0.05, 0) is 50.2 Å². The van der Waals surface area contributed by atoms with Crippen molar-refractivity contribution in [2.45, 2.75) is 23.6 Å². The van der Waals surface area contributed by atoms with E-state index in [1.54, 1.807) is 23.5 Å². The average molecular weight is 592 g/mol. The normalized spacial score (nSPS) is 13.7. The van der Waals surface area contributed by atoms with E-state index in [9.17, 15) is 8.42 Å². The Morgan fingerprint density at radius 3 is 1.81 bits per heavy atom. The number of fused-ring (bicyclic) bond motifs is 9. The molecule has 8 aromatic rings. The van der Waals surface area contributed by atoms with E-state index in [0.29, 0.717) is 9.79 Å². The van der Waals surface area contributed by atoms with Crippen molar-refractivity contribution in [2.24, 2.45) is 0 Å². The van der Waals surface area contributed by atoms with Crippen LogP contribution in [-0.2, 0) is 9.84 Å². The molecule has 0 N–H and O–H groups in total. The maximum Gasteiger partial charge on any atom is 0.208 e. The lowest BCUT2D eigenvalue weighted by Gasteiger charge is -2.09. The number of benzene rings is 6. The van der Waals surface area contributed by atoms with Gasteiger partial charge in [0.2, 0.25) is 9.84 Å². The summed E-state index contributed by atoms with van der Waals surface area (Å²) < 4.78 is 32.4. The van der Waals surface area contributed by atoms with Gasteiger partial charge in [0.15, 0.2) is 0 Å². The molecule has 6 aromatic carbocycles. The first-order valence-electron chi connectivity index (χ1n) is 14.4. The van der Waals surface area contributed by atoms with Gasteiger partial charge in [0, 0.05) is 48.5 Å². The zero-order chi connectivity index (χ0) is 29.0. The van der Waals surface area contributed by atoms with Crippen LogP contribution in [0.25, 0.3) is 69.9 Å². The molecule has 1 aliphatic rings. The Bertz CT molecular complexity index is 2540. The van der Waals surface area contributed by atoms with Gasteiger partial charge in [0.25, 0.3) is 0 Å². The predicted molar refractivity (Wildman–Crippen MR) is 179 cm³/mol. The van der Waals surface area contributed by atoms with Crippen molar-refractivity contribution < 1.29 is 8.42 Å². The van der Waals surface area contributed by atoms with E-state index in [4.69, 9.17) is 0 Å². The predicted octanol–water partition coefficient (Wildman–Crippen LogP) is 10.2. The van der Waals surface area contributed by atoms with Crippen molar-refractivity contribution in [1.82, 2.24) is 4.57 Å². The molecule has 206 valence electrons. The molecule has 3 heterocycles. The zero-order valence-electron chi connectivity index (χ0n) is 23.5. The van der Waals surface area contributed by atoms with Crippen LogP contribution in [0, 0.1) is 13.8 Å². The second-order valence-corrected chi connectivity index (χ2v) is 14.4. The van der Waals surface area contributed by atoms with E-state index in [0.717, 1.165) is 38.0 Å². The monoisotopic (exact) mass is 591 g/mol. The molecule has 3 nitrogen and oxygen atoms in total. The van der Waals surface area contributed by atoms with Gasteiger partial charge in [-0.3, -0.25) is 0 Å². The molecule has 9 rings (SSSR count). The van der Waals surface area contributed by atoms with E-state index in [1.807, 2.05) is 30.3 Å². The number of hydrogen-bond donors (Lipinski definition) is 0. The van der Waals surface area contributed by atoms with Gasteiger partial charge in [0.05, 0.1) is 31.2 Å². The maximum absolute atomic E-state index is 13.9. The molecule has 5 heteroatoms. The number of rotatable bonds is 2. The number of sulfone groups is 1. The van der Waals surface area contributed by atoms with Crippen molar-refractivity contribution in [2.75, 3.05) is 0 Å². The van der Waals surface area contributed by atoms with Crippen LogP contribution in [0.5, 0.6) is 0 Å². The minimum absolute atomic E-state index is 0.389. The van der Waals surface area contributed by atoms with Gasteiger partial charge in [-0.25, -0.2) is 8.42 Å². The highest BCUT2D eigenvalue weighted by molar-refractivity contribution is 7.92. The van der Waals surface area contributed by atoms with Crippen LogP contribution in [0.2, 0.25) is 0 Å². The second kappa shape index (κ2) is 8.66. The summed E-state index contributed by atoms with van der Waals surface area (Å²) >= 11 is 1.75. The summed E-state index contributed by atoms with van der Waals surface area (Å²) in [7, 11) is -3.64. The third-order valence-electron chi connectivity index (χ3n) is 8.86. The molecule has 0 unspecified atom stereocenters. The minimum atomic E-state index is -3.64. The van der Waals surface area contributed by atoms with Crippen molar-refractivity contribution in [1.29, 1.82) is 0 Å². The summed E-state index contributed by atoms with van der Waals surface area (Å²) in [6, 6.07) is 39.4. The molecule has 0 saturated heterocycles. The van der Waals surface area contributed by atoms with E-state index < -0.39 is 9.84 Å². The Morgan fingerprint density at radius 2 is 1.09 bits per heavy atom. The minimum Gasteiger partial charge on any atom is -0.308 e. The summed E-state index contributed by atoms with van der Waals surface area (Å²) in [6.45, 7) is 4.29. The first-order chi connectivity index (χ1) is 20.9. The molecular weight excluding hydrogens is 567 g/mol. The summed E-state index contributed by atoms with van der Waals surface area (Å²) in [5, 5.41) is 4.81. The molecular formula is C38H25NO2S2. The Morgan fingerprint density at radius 1 is 0.535 bits per heavy atom. The van der Waals surface area contributed by atoms with Crippen LogP contribution < -0.4 is 0 Å². The third kappa shape index (κ3) is 3.32. The SMILES string of the molecule is Cc1ccc2c(c1)c1cc(C)ccc1n2-c1cccc2c1sc1c(-c3cccc4c3S(=O)(=O)c3ccccc3-4)cccc12. The second-order valence-electron chi connectivity index (χ2n) is 11.5. The van der Waals surface area contributed by atoms with Crippen molar-refractivity contribution in [3.05, 3.63) is 126 Å². The average Bonchev–Trinajstić information content (AvgIpc) is 3.63. The molecule has 43 heavy (non-hydrogen) atoms. The fourth-order valence-electron chi connectivity index (χ4n) is 6.99. The van der Waals surface area contributed by atoms with Gasteiger partial charge in [-0.15, -0.1) is 11.3 Å². The van der Waals surface area contributed by atoms with Gasteiger partial charge in [-0.2, -0.15) is 0 Å². The lowest BCUT2D eigenvalue weighted by atomic mass is 9.98. The molecule has 2 aromatic heterocycles. The highest BCUT2D eigenvalue weighted by Gasteiger charge is 2.35. The maximum atomic E-state index is 13.9. The van der Waals surface area contributed by atoms with Crippen LogP contribution in [0.4, 0.5) is 0 Å². The van der Waals surface area contributed by atoms with Gasteiger partial charge in [0.1, 0.15) is 0 Å². The molecule has 1 aliphatic heterocycles. The van der Waals surface area contributed by atoms with Gasteiger partial charge in [-0.1, -0.05) is 90.0 Å². The lowest BCUT2D eigenvalue weighted by Crippen LogP contribution is -1.99. The smallest absolute Gasteiger partial charge is 0.208 e. The van der Waals surface area contributed by atoms with E-state index in [-0.39, 0.29) is 0 Å². The van der Waals surface area contributed by atoms with Crippen LogP contribution in [0.15, 0.2) is 125 Å². The Balaban J connectivity index is 1.36. The van der Waals surface area contributed by atoms with Crippen LogP contribution >= 0.6 is 11.3 Å². The molecule has 0 atom stereocenters. The Kier molecular flexibility index (Phi) is 5.01. The number of thiophene rings is 1. The molecule has 0 fully saturated rings. The molecule has 0 aliphatic carbocycles. The summed E-state index contributed by atoms with van der Waals surface area (Å²) in [5.41, 5.74) is 9.25. The van der Waals surface area contributed by atoms with Crippen molar-refractivity contribution >= 4 is 63.2 Å². The number of aryl methyl sites for hydroxylation is 2. The van der Waals surface area contributed by atoms with Crippen molar-refractivity contribution in [3.8, 4) is 27.9 Å². The number of hydrogen-bond acceptors (Lipinski definition) is 3. The number of aromatic nitrogens is 1. The molecule has 0 spiro atoms. The Labute approximate surface area is 253 Å². The zero-order valence-corrected chi connectivity index (χ0v) is 25.2. The topological polar surface area (TPSA) is 39.1 Å². The van der Waals surface area contributed by atoms with Crippen LogP contribution in [0.3, 0.4) is 0 Å². The fourth-order valence-corrected chi connectivity index (χ4v) is 10.2.